The normalized spacial score (nSPS) is 20.7. The van der Waals surface area contributed by atoms with Gasteiger partial charge in [-0.15, -0.1) is 11.8 Å². The number of nitrogens with one attached hydrogen (secondary N) is 2. The summed E-state index contributed by atoms with van der Waals surface area (Å²) in [6, 6.07) is 12.8. The molecule has 2 aliphatic heterocycles. The van der Waals surface area contributed by atoms with Gasteiger partial charge in [0.15, 0.2) is 11.5 Å². The lowest BCUT2D eigenvalue weighted by Crippen LogP contribution is -2.40. The number of carbonyl (C=O) groups is 2. The summed E-state index contributed by atoms with van der Waals surface area (Å²) in [4.78, 5) is 25.2. The predicted molar refractivity (Wildman–Crippen MR) is 99.1 cm³/mol. The maximum atomic E-state index is 12.4. The van der Waals surface area contributed by atoms with Crippen LogP contribution in [0.5, 0.6) is 11.5 Å². The lowest BCUT2D eigenvalue weighted by atomic mass is 10.1. The number of amides is 2. The fourth-order valence-electron chi connectivity index (χ4n) is 2.82. The Bertz CT molecular complexity index is 870. The molecule has 2 atom stereocenters. The van der Waals surface area contributed by atoms with Crippen molar-refractivity contribution in [2.45, 2.75) is 23.2 Å². The molecule has 0 bridgehead atoms. The number of thioether (sulfide) groups is 1. The Morgan fingerprint density at radius 1 is 1.27 bits per heavy atom. The third-order valence-electron chi connectivity index (χ3n) is 4.23. The second-order valence-electron chi connectivity index (χ2n) is 6.17. The van der Waals surface area contributed by atoms with Crippen LogP contribution in [0.25, 0.3) is 0 Å². The van der Waals surface area contributed by atoms with E-state index in [1.807, 2.05) is 37.3 Å². The summed E-state index contributed by atoms with van der Waals surface area (Å²) in [5.74, 6) is 1.13. The van der Waals surface area contributed by atoms with Gasteiger partial charge in [-0.2, -0.15) is 0 Å². The zero-order valence-electron chi connectivity index (χ0n) is 14.2. The first-order valence-electron chi connectivity index (χ1n) is 8.38. The minimum absolute atomic E-state index is 0.0496. The highest BCUT2D eigenvalue weighted by Crippen LogP contribution is 2.36. The van der Waals surface area contributed by atoms with Gasteiger partial charge in [0, 0.05) is 10.5 Å². The standard InChI is InChI=1S/C19H18N2O4S/c1-11-18(22)21-14-8-12(6-7-17(14)26-11)19(23)20-9-13-10-24-15-4-2-3-5-16(15)25-13/h2-8,11,13H,9-10H2,1H3,(H,20,23)(H,21,22)/t11-,13+/m1/s1. The molecule has 4 rings (SSSR count). The van der Waals surface area contributed by atoms with Crippen molar-refractivity contribution in [2.24, 2.45) is 0 Å². The number of ether oxygens (including phenoxy) is 2. The molecule has 0 saturated heterocycles. The number of anilines is 1. The summed E-state index contributed by atoms with van der Waals surface area (Å²) in [5, 5.41) is 5.57. The van der Waals surface area contributed by atoms with E-state index < -0.39 is 0 Å². The fraction of sp³-hybridized carbons (Fsp3) is 0.263. The molecule has 2 heterocycles. The van der Waals surface area contributed by atoms with E-state index in [9.17, 15) is 9.59 Å². The number of carbonyl (C=O) groups excluding carboxylic acids is 2. The summed E-state index contributed by atoms with van der Waals surface area (Å²) in [6.45, 7) is 2.57. The molecule has 0 saturated carbocycles. The average Bonchev–Trinajstić information content (AvgIpc) is 2.66. The maximum Gasteiger partial charge on any atom is 0.251 e. The lowest BCUT2D eigenvalue weighted by Gasteiger charge is -2.26. The summed E-state index contributed by atoms with van der Waals surface area (Å²) in [5.41, 5.74) is 1.17. The van der Waals surface area contributed by atoms with E-state index in [1.54, 1.807) is 12.1 Å². The highest BCUT2D eigenvalue weighted by molar-refractivity contribution is 8.00. The van der Waals surface area contributed by atoms with E-state index in [0.717, 1.165) is 4.90 Å². The molecule has 0 aliphatic carbocycles. The highest BCUT2D eigenvalue weighted by Gasteiger charge is 2.24. The van der Waals surface area contributed by atoms with Gasteiger partial charge >= 0.3 is 0 Å². The Labute approximate surface area is 155 Å². The monoisotopic (exact) mass is 370 g/mol. The zero-order valence-corrected chi connectivity index (χ0v) is 15.0. The van der Waals surface area contributed by atoms with E-state index >= 15 is 0 Å². The minimum atomic E-state index is -0.248. The lowest BCUT2D eigenvalue weighted by molar-refractivity contribution is -0.115. The van der Waals surface area contributed by atoms with E-state index in [4.69, 9.17) is 9.47 Å². The Morgan fingerprint density at radius 3 is 2.92 bits per heavy atom. The first-order chi connectivity index (χ1) is 12.6. The van der Waals surface area contributed by atoms with Gasteiger partial charge < -0.3 is 20.1 Å². The molecule has 2 aromatic carbocycles. The molecule has 0 fully saturated rings. The molecule has 2 aliphatic rings. The smallest absolute Gasteiger partial charge is 0.251 e. The molecule has 0 spiro atoms. The molecule has 0 radical (unpaired) electrons. The molecular formula is C19H18N2O4S. The van der Waals surface area contributed by atoms with Gasteiger partial charge in [-0.3, -0.25) is 9.59 Å². The Hall–Kier alpha value is -2.67. The molecule has 0 aromatic heterocycles. The summed E-state index contributed by atoms with van der Waals surface area (Å²) < 4.78 is 11.5. The number of rotatable bonds is 3. The van der Waals surface area contributed by atoms with Crippen LogP contribution in [0.3, 0.4) is 0 Å². The predicted octanol–water partition coefficient (Wildman–Crippen LogP) is 2.69. The third kappa shape index (κ3) is 3.35. The SMILES string of the molecule is C[C@H]1Sc2ccc(C(=O)NC[C@H]3COc4ccccc4O3)cc2NC1=O. The molecule has 7 heteroatoms. The van der Waals surface area contributed by atoms with Gasteiger partial charge in [0.05, 0.1) is 17.5 Å². The minimum Gasteiger partial charge on any atom is -0.486 e. The van der Waals surface area contributed by atoms with Crippen LogP contribution in [0.2, 0.25) is 0 Å². The van der Waals surface area contributed by atoms with Crippen LogP contribution in [-0.4, -0.2) is 36.3 Å². The Morgan fingerprint density at radius 2 is 2.08 bits per heavy atom. The van der Waals surface area contributed by atoms with Crippen molar-refractivity contribution in [3.8, 4) is 11.5 Å². The fourth-order valence-corrected chi connectivity index (χ4v) is 3.75. The first kappa shape index (κ1) is 16.8. The van der Waals surface area contributed by atoms with Crippen LogP contribution in [0.1, 0.15) is 17.3 Å². The number of hydrogen-bond donors (Lipinski definition) is 2. The number of fused-ring (bicyclic) bond motifs is 2. The zero-order chi connectivity index (χ0) is 18.1. The second kappa shape index (κ2) is 6.92. The topological polar surface area (TPSA) is 76.7 Å². The van der Waals surface area contributed by atoms with Crippen molar-refractivity contribution >= 4 is 29.3 Å². The summed E-state index contributed by atoms with van der Waals surface area (Å²) in [6.07, 6.45) is -0.248. The van der Waals surface area contributed by atoms with E-state index in [0.29, 0.717) is 35.9 Å². The third-order valence-corrected chi connectivity index (χ3v) is 5.41. The van der Waals surface area contributed by atoms with Crippen LogP contribution in [0.15, 0.2) is 47.4 Å². The number of para-hydroxylation sites is 2. The molecule has 6 nitrogen and oxygen atoms in total. The van der Waals surface area contributed by atoms with E-state index in [1.165, 1.54) is 11.8 Å². The van der Waals surface area contributed by atoms with Gasteiger partial charge in [0.2, 0.25) is 5.91 Å². The van der Waals surface area contributed by atoms with Crippen molar-refractivity contribution < 1.29 is 19.1 Å². The van der Waals surface area contributed by atoms with Crippen molar-refractivity contribution in [3.63, 3.8) is 0 Å². The average molecular weight is 370 g/mol. The quantitative estimate of drug-likeness (QED) is 0.869. The molecule has 26 heavy (non-hydrogen) atoms. The molecular weight excluding hydrogens is 352 g/mol. The summed E-state index contributed by atoms with van der Waals surface area (Å²) in [7, 11) is 0. The van der Waals surface area contributed by atoms with Crippen molar-refractivity contribution in [2.75, 3.05) is 18.5 Å². The number of hydrogen-bond acceptors (Lipinski definition) is 5. The maximum absolute atomic E-state index is 12.4. The molecule has 2 N–H and O–H groups in total. The van der Waals surface area contributed by atoms with Crippen LogP contribution < -0.4 is 20.1 Å². The Kier molecular flexibility index (Phi) is 4.46. The van der Waals surface area contributed by atoms with E-state index in [-0.39, 0.29) is 23.2 Å². The van der Waals surface area contributed by atoms with Gasteiger partial charge in [0.25, 0.3) is 5.91 Å². The van der Waals surface area contributed by atoms with Crippen molar-refractivity contribution in [1.29, 1.82) is 0 Å². The van der Waals surface area contributed by atoms with Gasteiger partial charge in [0.1, 0.15) is 12.7 Å². The van der Waals surface area contributed by atoms with E-state index in [2.05, 4.69) is 10.6 Å². The van der Waals surface area contributed by atoms with Crippen LogP contribution in [0, 0.1) is 0 Å². The van der Waals surface area contributed by atoms with Gasteiger partial charge in [-0.1, -0.05) is 12.1 Å². The Balaban J connectivity index is 1.39. The first-order valence-corrected chi connectivity index (χ1v) is 9.26. The van der Waals surface area contributed by atoms with Crippen LogP contribution in [-0.2, 0) is 4.79 Å². The molecule has 0 unspecified atom stereocenters. The van der Waals surface area contributed by atoms with Crippen LogP contribution >= 0.6 is 11.8 Å². The van der Waals surface area contributed by atoms with Gasteiger partial charge in [-0.05, 0) is 37.3 Å². The van der Waals surface area contributed by atoms with Crippen molar-refractivity contribution in [3.05, 3.63) is 48.0 Å². The second-order valence-corrected chi connectivity index (χ2v) is 7.55. The van der Waals surface area contributed by atoms with Crippen LogP contribution in [0.4, 0.5) is 5.69 Å². The largest absolute Gasteiger partial charge is 0.486 e. The summed E-state index contributed by atoms with van der Waals surface area (Å²) >= 11 is 1.49. The molecule has 2 aromatic rings. The van der Waals surface area contributed by atoms with Gasteiger partial charge in [-0.25, -0.2) is 0 Å². The van der Waals surface area contributed by atoms with Crippen molar-refractivity contribution in [1.82, 2.24) is 5.32 Å². The molecule has 134 valence electrons. The number of benzene rings is 2. The highest BCUT2D eigenvalue weighted by atomic mass is 32.2. The molecule has 2 amide bonds.